The highest BCUT2D eigenvalue weighted by molar-refractivity contribution is 5.68. The van der Waals surface area contributed by atoms with Gasteiger partial charge in [0, 0.05) is 11.9 Å². The molecule has 1 aromatic heterocycles. The van der Waals surface area contributed by atoms with Crippen LogP contribution in [0, 0.1) is 0 Å². The number of carboxylic acid groups (broad SMARTS) is 1. The van der Waals surface area contributed by atoms with E-state index in [1.54, 1.807) is 0 Å². The fraction of sp³-hybridized carbons (Fsp3) is 0.571. The summed E-state index contributed by atoms with van der Waals surface area (Å²) in [5.74, 6) is -0.793. The van der Waals surface area contributed by atoms with Gasteiger partial charge in [-0.2, -0.15) is 0 Å². The van der Waals surface area contributed by atoms with Crippen molar-refractivity contribution >= 4 is 5.97 Å². The first-order chi connectivity index (χ1) is 8.74. The summed E-state index contributed by atoms with van der Waals surface area (Å²) < 4.78 is 0. The number of aromatic nitrogens is 1. The average Bonchev–Trinajstić information content (AvgIpc) is 2.40. The highest BCUT2D eigenvalue weighted by atomic mass is 16.4. The van der Waals surface area contributed by atoms with Crippen LogP contribution in [0.25, 0.3) is 0 Å². The lowest BCUT2D eigenvalue weighted by molar-refractivity contribution is -0.135. The maximum Gasteiger partial charge on any atom is 0.317 e. The van der Waals surface area contributed by atoms with Gasteiger partial charge in [-0.25, -0.2) is 0 Å². The molecule has 0 amide bonds. The summed E-state index contributed by atoms with van der Waals surface area (Å²) in [6.07, 6.45) is 7.97. The van der Waals surface area contributed by atoms with E-state index >= 15 is 0 Å². The number of carbonyl (C=O) groups is 1. The minimum atomic E-state index is -0.793. The summed E-state index contributed by atoms with van der Waals surface area (Å²) in [7, 11) is 0. The number of aliphatic carboxylic acids is 1. The minimum absolute atomic E-state index is 0.0772. The Morgan fingerprint density at radius 3 is 2.89 bits per heavy atom. The predicted octanol–water partition coefficient (Wildman–Crippen LogP) is 2.03. The van der Waals surface area contributed by atoms with Gasteiger partial charge in [-0.3, -0.25) is 9.78 Å². The molecular formula is C14H22N2O2. The van der Waals surface area contributed by atoms with Crippen LogP contribution in [0.3, 0.4) is 0 Å². The summed E-state index contributed by atoms with van der Waals surface area (Å²) >= 11 is 0. The van der Waals surface area contributed by atoms with E-state index in [2.05, 4.69) is 16.4 Å². The largest absolute Gasteiger partial charge is 0.480 e. The normalized spacial score (nSPS) is 13.2. The van der Waals surface area contributed by atoms with Crippen molar-refractivity contribution in [3.05, 3.63) is 29.6 Å². The number of nitrogens with one attached hydrogen (secondary N) is 1. The second kappa shape index (κ2) is 8.64. The van der Waals surface area contributed by atoms with E-state index in [0.717, 1.165) is 13.0 Å². The summed E-state index contributed by atoms with van der Waals surface area (Å²) in [4.78, 5) is 14.1. The molecule has 0 saturated heterocycles. The molecule has 0 spiro atoms. The van der Waals surface area contributed by atoms with E-state index in [4.69, 9.17) is 5.11 Å². The van der Waals surface area contributed by atoms with Crippen molar-refractivity contribution < 1.29 is 9.90 Å². The Morgan fingerprint density at radius 1 is 1.44 bits per heavy atom. The van der Waals surface area contributed by atoms with Crippen molar-refractivity contribution in [2.24, 2.45) is 0 Å². The van der Waals surface area contributed by atoms with E-state index in [-0.39, 0.29) is 6.54 Å². The van der Waals surface area contributed by atoms with Crippen LogP contribution in [0.5, 0.6) is 0 Å². The molecule has 0 radical (unpaired) electrons. The third kappa shape index (κ3) is 5.77. The smallest absolute Gasteiger partial charge is 0.317 e. The second-order valence-corrected chi connectivity index (χ2v) is 4.39. The Bertz CT molecular complexity index is 342. The zero-order valence-corrected chi connectivity index (χ0v) is 11.0. The summed E-state index contributed by atoms with van der Waals surface area (Å²) in [5.41, 5.74) is 2.79. The number of hydrogen-bond acceptors (Lipinski definition) is 3. The van der Waals surface area contributed by atoms with E-state index in [9.17, 15) is 4.79 Å². The minimum Gasteiger partial charge on any atom is -0.480 e. The molecule has 18 heavy (non-hydrogen) atoms. The Hall–Kier alpha value is -1.42. The van der Waals surface area contributed by atoms with Crippen LogP contribution >= 0.6 is 0 Å². The van der Waals surface area contributed by atoms with Crippen molar-refractivity contribution in [1.29, 1.82) is 0 Å². The quantitative estimate of drug-likeness (QED) is 0.803. The number of fused-ring (bicyclic) bond motifs is 1. The third-order valence-electron chi connectivity index (χ3n) is 2.80. The van der Waals surface area contributed by atoms with Crippen LogP contribution in [-0.4, -0.2) is 29.1 Å². The maximum atomic E-state index is 9.81. The SMILES string of the molecule is CCCNCC(=O)O.c1cnc2c(c1)CCCC2. The summed E-state index contributed by atoms with van der Waals surface area (Å²) in [6, 6.07) is 4.23. The highest BCUT2D eigenvalue weighted by Crippen LogP contribution is 2.17. The van der Waals surface area contributed by atoms with Crippen LogP contribution in [-0.2, 0) is 17.6 Å². The maximum absolute atomic E-state index is 9.81. The van der Waals surface area contributed by atoms with Crippen molar-refractivity contribution in [2.45, 2.75) is 39.0 Å². The number of nitrogens with zero attached hydrogens (tertiary/aromatic N) is 1. The lowest BCUT2D eigenvalue weighted by atomic mass is 9.96. The molecule has 0 fully saturated rings. The van der Waals surface area contributed by atoms with E-state index < -0.39 is 5.97 Å². The first kappa shape index (κ1) is 14.6. The first-order valence-corrected chi connectivity index (χ1v) is 6.59. The zero-order chi connectivity index (χ0) is 13.2. The number of hydrogen-bond donors (Lipinski definition) is 2. The van der Waals surface area contributed by atoms with E-state index in [0.29, 0.717) is 0 Å². The fourth-order valence-corrected chi connectivity index (χ4v) is 1.90. The van der Waals surface area contributed by atoms with E-state index in [1.165, 1.54) is 36.9 Å². The van der Waals surface area contributed by atoms with Gasteiger partial charge in [0.1, 0.15) is 0 Å². The molecule has 2 rings (SSSR count). The lowest BCUT2D eigenvalue weighted by Gasteiger charge is -2.12. The molecule has 0 saturated carbocycles. The molecule has 0 aromatic carbocycles. The van der Waals surface area contributed by atoms with Crippen LogP contribution in [0.2, 0.25) is 0 Å². The molecule has 4 heteroatoms. The lowest BCUT2D eigenvalue weighted by Crippen LogP contribution is -2.22. The van der Waals surface area contributed by atoms with Crippen molar-refractivity contribution in [2.75, 3.05) is 13.1 Å². The second-order valence-electron chi connectivity index (χ2n) is 4.39. The van der Waals surface area contributed by atoms with Gasteiger partial charge in [0.05, 0.1) is 6.54 Å². The van der Waals surface area contributed by atoms with Gasteiger partial charge in [-0.15, -0.1) is 0 Å². The standard InChI is InChI=1S/C9H11N.C5H11NO2/c1-2-6-9-8(4-1)5-3-7-10-9;1-2-3-6-4-5(7)8/h3,5,7H,1-2,4,6H2;6H,2-4H2,1H3,(H,7,8). The third-order valence-corrected chi connectivity index (χ3v) is 2.80. The molecule has 1 aromatic rings. The van der Waals surface area contributed by atoms with E-state index in [1.807, 2.05) is 19.2 Å². The van der Waals surface area contributed by atoms with Crippen LogP contribution in [0.15, 0.2) is 18.3 Å². The van der Waals surface area contributed by atoms with Crippen LogP contribution < -0.4 is 5.32 Å². The Morgan fingerprint density at radius 2 is 2.22 bits per heavy atom. The van der Waals surface area contributed by atoms with Gasteiger partial charge in [-0.1, -0.05) is 13.0 Å². The molecule has 100 valence electrons. The number of rotatable bonds is 4. The molecule has 1 aliphatic rings. The monoisotopic (exact) mass is 250 g/mol. The van der Waals surface area contributed by atoms with Crippen molar-refractivity contribution in [3.8, 4) is 0 Å². The molecule has 1 aliphatic carbocycles. The molecule has 0 bridgehead atoms. The Balaban J connectivity index is 0.000000187. The number of carboxylic acids is 1. The molecule has 0 atom stereocenters. The topological polar surface area (TPSA) is 62.2 Å². The van der Waals surface area contributed by atoms with Crippen LogP contribution in [0.4, 0.5) is 0 Å². The van der Waals surface area contributed by atoms with Gasteiger partial charge >= 0.3 is 5.97 Å². The van der Waals surface area contributed by atoms with Gasteiger partial charge in [0.25, 0.3) is 0 Å². The number of aryl methyl sites for hydroxylation is 2. The molecule has 0 unspecified atom stereocenters. The van der Waals surface area contributed by atoms with Gasteiger partial charge in [-0.05, 0) is 50.3 Å². The average molecular weight is 250 g/mol. The van der Waals surface area contributed by atoms with Crippen molar-refractivity contribution in [1.82, 2.24) is 10.3 Å². The van der Waals surface area contributed by atoms with Gasteiger partial charge < -0.3 is 10.4 Å². The molecular weight excluding hydrogens is 228 g/mol. The zero-order valence-electron chi connectivity index (χ0n) is 11.0. The predicted molar refractivity (Wildman–Crippen MR) is 71.7 cm³/mol. The fourth-order valence-electron chi connectivity index (χ4n) is 1.90. The van der Waals surface area contributed by atoms with Crippen molar-refractivity contribution in [3.63, 3.8) is 0 Å². The summed E-state index contributed by atoms with van der Waals surface area (Å²) in [5, 5.41) is 10.8. The van der Waals surface area contributed by atoms with Crippen LogP contribution in [0.1, 0.15) is 37.4 Å². The Kier molecular flexibility index (Phi) is 7.03. The Labute approximate surface area is 108 Å². The van der Waals surface area contributed by atoms with Gasteiger partial charge in [0.15, 0.2) is 0 Å². The highest BCUT2D eigenvalue weighted by Gasteiger charge is 2.07. The van der Waals surface area contributed by atoms with Gasteiger partial charge in [0.2, 0.25) is 0 Å². The molecule has 1 heterocycles. The molecule has 0 aliphatic heterocycles. The molecule has 4 nitrogen and oxygen atoms in total. The first-order valence-electron chi connectivity index (χ1n) is 6.59. The number of pyridine rings is 1. The molecule has 2 N–H and O–H groups in total. The summed E-state index contributed by atoms with van der Waals surface area (Å²) in [6.45, 7) is 2.86.